The van der Waals surface area contributed by atoms with Crippen LogP contribution in [-0.2, 0) is 6.42 Å². The molecule has 2 unspecified atom stereocenters. The molecule has 1 saturated carbocycles. The van der Waals surface area contributed by atoms with Crippen molar-refractivity contribution in [2.45, 2.75) is 43.4 Å². The maximum atomic E-state index is 13.7. The second-order valence-corrected chi connectivity index (χ2v) is 7.16. The highest BCUT2D eigenvalue weighted by Crippen LogP contribution is 2.37. The molecule has 1 fully saturated rings. The monoisotopic (exact) mass is 326 g/mol. The van der Waals surface area contributed by atoms with Crippen LogP contribution in [-0.4, -0.2) is 26.9 Å². The van der Waals surface area contributed by atoms with Crippen LogP contribution in [0, 0.1) is 5.82 Å². The van der Waals surface area contributed by atoms with Gasteiger partial charge in [-0.25, -0.2) is 9.37 Å². The summed E-state index contributed by atoms with van der Waals surface area (Å²) in [5.41, 5.74) is 1.80. The molecule has 2 aromatic rings. The summed E-state index contributed by atoms with van der Waals surface area (Å²) in [7, 11) is 0. The number of alkyl halides is 1. The largest absolute Gasteiger partial charge is 0.325 e. The third-order valence-corrected chi connectivity index (χ3v) is 5.62. The first kappa shape index (κ1) is 15.2. The van der Waals surface area contributed by atoms with Gasteiger partial charge in [0.05, 0.1) is 11.0 Å². The molecule has 21 heavy (non-hydrogen) atoms. The van der Waals surface area contributed by atoms with Gasteiger partial charge in [-0.2, -0.15) is 11.8 Å². The smallest absolute Gasteiger partial charge is 0.125 e. The van der Waals surface area contributed by atoms with E-state index in [1.165, 1.54) is 18.9 Å². The maximum Gasteiger partial charge on any atom is 0.125 e. The Hall–Kier alpha value is -0.740. The van der Waals surface area contributed by atoms with Crippen molar-refractivity contribution in [3.63, 3.8) is 0 Å². The highest BCUT2D eigenvalue weighted by Gasteiger charge is 2.26. The lowest BCUT2D eigenvalue weighted by molar-refractivity contribution is 0.360. The summed E-state index contributed by atoms with van der Waals surface area (Å²) in [6, 6.07) is 5.29. The SMILES string of the molecule is CSC1CCCC(n2c(CCCl)nc3ccc(F)cc32)C1. The third-order valence-electron chi connectivity index (χ3n) is 4.34. The van der Waals surface area contributed by atoms with Crippen LogP contribution < -0.4 is 0 Å². The molecule has 2 atom stereocenters. The van der Waals surface area contributed by atoms with Crippen LogP contribution in [0.4, 0.5) is 4.39 Å². The van der Waals surface area contributed by atoms with Crippen molar-refractivity contribution in [2.24, 2.45) is 0 Å². The van der Waals surface area contributed by atoms with Gasteiger partial charge in [0, 0.05) is 23.6 Å². The molecular weight excluding hydrogens is 307 g/mol. The van der Waals surface area contributed by atoms with E-state index in [0.717, 1.165) is 36.1 Å². The summed E-state index contributed by atoms with van der Waals surface area (Å²) in [6.07, 6.45) is 7.71. The van der Waals surface area contributed by atoms with Gasteiger partial charge >= 0.3 is 0 Å². The molecular formula is C16H20ClFN2S. The zero-order valence-corrected chi connectivity index (χ0v) is 13.8. The average Bonchev–Trinajstić information content (AvgIpc) is 2.85. The Morgan fingerprint density at radius 3 is 3.05 bits per heavy atom. The van der Waals surface area contributed by atoms with Gasteiger partial charge in [0.25, 0.3) is 0 Å². The van der Waals surface area contributed by atoms with E-state index in [1.54, 1.807) is 12.1 Å². The molecule has 1 aliphatic rings. The third kappa shape index (κ3) is 3.07. The number of hydrogen-bond acceptors (Lipinski definition) is 2. The maximum absolute atomic E-state index is 13.7. The van der Waals surface area contributed by atoms with E-state index in [2.05, 4.69) is 15.8 Å². The summed E-state index contributed by atoms with van der Waals surface area (Å²) >= 11 is 7.87. The molecule has 0 radical (unpaired) electrons. The minimum absolute atomic E-state index is 0.196. The van der Waals surface area contributed by atoms with Crippen molar-refractivity contribution in [3.05, 3.63) is 29.8 Å². The Bertz CT molecular complexity index is 628. The Labute approximate surface area is 134 Å². The molecule has 0 saturated heterocycles. The number of aryl methyl sites for hydroxylation is 1. The quantitative estimate of drug-likeness (QED) is 0.751. The number of benzene rings is 1. The van der Waals surface area contributed by atoms with Gasteiger partial charge in [-0.1, -0.05) is 6.42 Å². The Balaban J connectivity index is 2.05. The van der Waals surface area contributed by atoms with Crippen molar-refractivity contribution in [1.29, 1.82) is 0 Å². The molecule has 5 heteroatoms. The summed E-state index contributed by atoms with van der Waals surface area (Å²) in [4.78, 5) is 4.67. The molecule has 1 heterocycles. The number of imidazole rings is 1. The van der Waals surface area contributed by atoms with Crippen LogP contribution in [0.2, 0.25) is 0 Å². The van der Waals surface area contributed by atoms with E-state index in [4.69, 9.17) is 11.6 Å². The number of nitrogens with zero attached hydrogens (tertiary/aromatic N) is 2. The standard InChI is InChI=1S/C16H20ClFN2S/c1-21-13-4-2-3-12(10-13)20-15-9-11(18)5-6-14(15)19-16(20)7-8-17/h5-6,9,12-13H,2-4,7-8,10H2,1H3. The number of halogens is 2. The molecule has 0 amide bonds. The van der Waals surface area contributed by atoms with Gasteiger partial charge in [-0.3, -0.25) is 0 Å². The normalized spacial score (nSPS) is 22.8. The Kier molecular flexibility index (Phi) is 4.75. The zero-order valence-electron chi connectivity index (χ0n) is 12.2. The van der Waals surface area contributed by atoms with Crippen LogP contribution in [0.3, 0.4) is 0 Å². The van der Waals surface area contributed by atoms with E-state index < -0.39 is 0 Å². The van der Waals surface area contributed by atoms with Crippen LogP contribution >= 0.6 is 23.4 Å². The van der Waals surface area contributed by atoms with Gasteiger partial charge in [0.15, 0.2) is 0 Å². The van der Waals surface area contributed by atoms with Crippen LogP contribution in [0.15, 0.2) is 18.2 Å². The van der Waals surface area contributed by atoms with E-state index in [1.807, 2.05) is 11.8 Å². The summed E-state index contributed by atoms with van der Waals surface area (Å²) in [5.74, 6) is 1.35. The summed E-state index contributed by atoms with van der Waals surface area (Å²) in [6.45, 7) is 0. The van der Waals surface area contributed by atoms with E-state index >= 15 is 0 Å². The first-order chi connectivity index (χ1) is 10.2. The molecule has 2 nitrogen and oxygen atoms in total. The van der Waals surface area contributed by atoms with E-state index in [-0.39, 0.29) is 5.82 Å². The van der Waals surface area contributed by atoms with E-state index in [0.29, 0.717) is 17.2 Å². The lowest BCUT2D eigenvalue weighted by atomic mass is 9.94. The average molecular weight is 327 g/mol. The highest BCUT2D eigenvalue weighted by atomic mass is 35.5. The fourth-order valence-corrected chi connectivity index (χ4v) is 4.34. The molecule has 1 aliphatic carbocycles. The minimum Gasteiger partial charge on any atom is -0.325 e. The van der Waals surface area contributed by atoms with Gasteiger partial charge in [0.2, 0.25) is 0 Å². The highest BCUT2D eigenvalue weighted by molar-refractivity contribution is 7.99. The fraction of sp³-hybridized carbons (Fsp3) is 0.562. The Morgan fingerprint density at radius 1 is 1.43 bits per heavy atom. The van der Waals surface area contributed by atoms with Crippen LogP contribution in [0.5, 0.6) is 0 Å². The van der Waals surface area contributed by atoms with Gasteiger partial charge in [0.1, 0.15) is 11.6 Å². The fourth-order valence-electron chi connectivity index (χ4n) is 3.35. The predicted octanol–water partition coefficient (Wildman–Crippen LogP) is 4.80. The second-order valence-electron chi connectivity index (χ2n) is 5.65. The molecule has 0 aliphatic heterocycles. The summed E-state index contributed by atoms with van der Waals surface area (Å²) < 4.78 is 15.9. The lowest BCUT2D eigenvalue weighted by Crippen LogP contribution is -2.22. The molecule has 0 spiro atoms. The van der Waals surface area contributed by atoms with E-state index in [9.17, 15) is 4.39 Å². The van der Waals surface area contributed by atoms with Crippen LogP contribution in [0.1, 0.15) is 37.5 Å². The van der Waals surface area contributed by atoms with Gasteiger partial charge < -0.3 is 4.57 Å². The zero-order chi connectivity index (χ0) is 14.8. The number of rotatable bonds is 4. The molecule has 114 valence electrons. The number of fused-ring (bicyclic) bond motifs is 1. The van der Waals surface area contributed by atoms with Crippen molar-refractivity contribution >= 4 is 34.4 Å². The second kappa shape index (κ2) is 6.57. The van der Waals surface area contributed by atoms with Crippen LogP contribution in [0.25, 0.3) is 11.0 Å². The van der Waals surface area contributed by atoms with Crippen molar-refractivity contribution < 1.29 is 4.39 Å². The molecule has 1 aromatic carbocycles. The first-order valence-corrected chi connectivity index (χ1v) is 9.30. The summed E-state index contributed by atoms with van der Waals surface area (Å²) in [5, 5.41) is 0.693. The van der Waals surface area contributed by atoms with Crippen molar-refractivity contribution in [1.82, 2.24) is 9.55 Å². The molecule has 0 N–H and O–H groups in total. The molecule has 0 bridgehead atoms. The number of thioether (sulfide) groups is 1. The lowest BCUT2D eigenvalue weighted by Gasteiger charge is -2.30. The molecule has 1 aromatic heterocycles. The topological polar surface area (TPSA) is 17.8 Å². The van der Waals surface area contributed by atoms with Crippen molar-refractivity contribution in [2.75, 3.05) is 12.1 Å². The minimum atomic E-state index is -0.196. The number of hydrogen-bond donors (Lipinski definition) is 0. The molecule has 3 rings (SSSR count). The first-order valence-electron chi connectivity index (χ1n) is 7.48. The van der Waals surface area contributed by atoms with Gasteiger partial charge in [-0.05, 0) is 43.7 Å². The predicted molar refractivity (Wildman–Crippen MR) is 88.9 cm³/mol. The van der Waals surface area contributed by atoms with Crippen molar-refractivity contribution in [3.8, 4) is 0 Å². The Morgan fingerprint density at radius 2 is 2.29 bits per heavy atom. The van der Waals surface area contributed by atoms with Gasteiger partial charge in [-0.15, -0.1) is 11.6 Å². The number of aromatic nitrogens is 2.